The molecule has 0 bridgehead atoms. The molecule has 1 fully saturated rings. The Morgan fingerprint density at radius 1 is 1.18 bits per heavy atom. The predicted octanol–water partition coefficient (Wildman–Crippen LogP) is 0.687. The van der Waals surface area contributed by atoms with Gasteiger partial charge in [-0.3, -0.25) is 4.79 Å². The average molecular weight is 229 g/mol. The molecule has 1 aromatic rings. The van der Waals surface area contributed by atoms with Crippen molar-refractivity contribution < 1.29 is 4.79 Å². The maximum absolute atomic E-state index is 11.9. The molecule has 0 radical (unpaired) electrons. The van der Waals surface area contributed by atoms with E-state index >= 15 is 0 Å². The van der Waals surface area contributed by atoms with E-state index in [1.807, 2.05) is 24.3 Å². The first kappa shape index (κ1) is 10.5. The first-order valence-corrected chi connectivity index (χ1v) is 6.00. The SMILES string of the molecule is O=C1N=C(N2CCNCC2)Cc2ccccc21. The summed E-state index contributed by atoms with van der Waals surface area (Å²) in [6.07, 6.45) is 0.780. The van der Waals surface area contributed by atoms with Crippen molar-refractivity contribution in [2.45, 2.75) is 6.42 Å². The van der Waals surface area contributed by atoms with Gasteiger partial charge in [-0.15, -0.1) is 0 Å². The molecule has 0 unspecified atom stereocenters. The van der Waals surface area contributed by atoms with Crippen molar-refractivity contribution in [2.24, 2.45) is 4.99 Å². The minimum absolute atomic E-state index is 0.0969. The molecular formula is C13H15N3O. The Labute approximate surface area is 100 Å². The fraction of sp³-hybridized carbons (Fsp3) is 0.385. The van der Waals surface area contributed by atoms with Crippen molar-refractivity contribution in [2.75, 3.05) is 26.2 Å². The summed E-state index contributed by atoms with van der Waals surface area (Å²) < 4.78 is 0. The molecule has 1 aromatic carbocycles. The van der Waals surface area contributed by atoms with Gasteiger partial charge in [-0.25, -0.2) is 0 Å². The van der Waals surface area contributed by atoms with E-state index in [0.717, 1.165) is 49.6 Å². The van der Waals surface area contributed by atoms with Crippen molar-refractivity contribution in [3.63, 3.8) is 0 Å². The number of nitrogens with one attached hydrogen (secondary N) is 1. The van der Waals surface area contributed by atoms with Crippen molar-refractivity contribution in [1.82, 2.24) is 10.2 Å². The van der Waals surface area contributed by atoms with E-state index in [4.69, 9.17) is 0 Å². The lowest BCUT2D eigenvalue weighted by molar-refractivity contribution is 0.0997. The Morgan fingerprint density at radius 2 is 1.94 bits per heavy atom. The minimum Gasteiger partial charge on any atom is -0.357 e. The number of nitrogens with zero attached hydrogens (tertiary/aromatic N) is 2. The van der Waals surface area contributed by atoms with Crippen molar-refractivity contribution in [3.05, 3.63) is 35.4 Å². The highest BCUT2D eigenvalue weighted by molar-refractivity contribution is 6.08. The van der Waals surface area contributed by atoms with Gasteiger partial charge in [-0.2, -0.15) is 4.99 Å². The van der Waals surface area contributed by atoms with Crippen LogP contribution < -0.4 is 5.32 Å². The van der Waals surface area contributed by atoms with Gasteiger partial charge in [0.05, 0.1) is 0 Å². The predicted molar refractivity (Wildman–Crippen MR) is 66.4 cm³/mol. The Morgan fingerprint density at radius 3 is 2.76 bits per heavy atom. The second-order valence-corrected chi connectivity index (χ2v) is 4.40. The van der Waals surface area contributed by atoms with E-state index in [1.165, 1.54) is 0 Å². The zero-order chi connectivity index (χ0) is 11.7. The summed E-state index contributed by atoms with van der Waals surface area (Å²) in [6.45, 7) is 3.81. The summed E-state index contributed by atoms with van der Waals surface area (Å²) in [5.74, 6) is 0.829. The molecule has 17 heavy (non-hydrogen) atoms. The van der Waals surface area contributed by atoms with Crippen LogP contribution in [0.5, 0.6) is 0 Å². The topological polar surface area (TPSA) is 44.7 Å². The number of rotatable bonds is 0. The Kier molecular flexibility index (Phi) is 2.65. The van der Waals surface area contributed by atoms with Crippen LogP contribution in [0.2, 0.25) is 0 Å². The molecule has 1 N–H and O–H groups in total. The third-order valence-corrected chi connectivity index (χ3v) is 3.31. The van der Waals surface area contributed by atoms with Gasteiger partial charge in [0.15, 0.2) is 0 Å². The quantitative estimate of drug-likeness (QED) is 0.711. The second kappa shape index (κ2) is 4.30. The van der Waals surface area contributed by atoms with Crippen molar-refractivity contribution in [3.8, 4) is 0 Å². The van der Waals surface area contributed by atoms with Gasteiger partial charge < -0.3 is 10.2 Å². The molecule has 88 valence electrons. The number of piperazine rings is 1. The molecular weight excluding hydrogens is 214 g/mol. The summed E-state index contributed by atoms with van der Waals surface area (Å²) in [7, 11) is 0. The largest absolute Gasteiger partial charge is 0.357 e. The number of fused-ring (bicyclic) bond motifs is 1. The zero-order valence-electron chi connectivity index (χ0n) is 9.65. The van der Waals surface area contributed by atoms with Gasteiger partial charge in [0, 0.05) is 38.2 Å². The molecule has 4 heteroatoms. The highest BCUT2D eigenvalue weighted by Crippen LogP contribution is 2.18. The highest BCUT2D eigenvalue weighted by Gasteiger charge is 2.23. The first-order valence-electron chi connectivity index (χ1n) is 6.00. The highest BCUT2D eigenvalue weighted by atomic mass is 16.1. The summed E-state index contributed by atoms with van der Waals surface area (Å²) in [5.41, 5.74) is 1.85. The number of hydrogen-bond donors (Lipinski definition) is 1. The van der Waals surface area contributed by atoms with E-state index < -0.39 is 0 Å². The molecule has 1 saturated heterocycles. The smallest absolute Gasteiger partial charge is 0.278 e. The van der Waals surface area contributed by atoms with Gasteiger partial charge in [0.1, 0.15) is 5.84 Å². The molecule has 2 heterocycles. The minimum atomic E-state index is -0.0969. The normalized spacial score (nSPS) is 19.9. The number of amidine groups is 1. The van der Waals surface area contributed by atoms with Crippen LogP contribution in [0.4, 0.5) is 0 Å². The molecule has 2 aliphatic heterocycles. The molecule has 0 atom stereocenters. The van der Waals surface area contributed by atoms with Crippen LogP contribution >= 0.6 is 0 Å². The van der Waals surface area contributed by atoms with Crippen LogP contribution in [-0.2, 0) is 6.42 Å². The molecule has 1 amide bonds. The van der Waals surface area contributed by atoms with Gasteiger partial charge in [-0.1, -0.05) is 18.2 Å². The van der Waals surface area contributed by atoms with Crippen molar-refractivity contribution >= 4 is 11.7 Å². The summed E-state index contributed by atoms with van der Waals surface area (Å²) in [4.78, 5) is 18.3. The fourth-order valence-corrected chi connectivity index (χ4v) is 2.38. The van der Waals surface area contributed by atoms with Gasteiger partial charge in [-0.05, 0) is 11.6 Å². The molecule has 0 spiro atoms. The Hall–Kier alpha value is -1.68. The number of benzene rings is 1. The Bertz CT molecular complexity index is 475. The number of carbonyl (C=O) groups excluding carboxylic acids is 1. The lowest BCUT2D eigenvalue weighted by Gasteiger charge is -2.31. The molecule has 2 aliphatic rings. The monoisotopic (exact) mass is 229 g/mol. The maximum atomic E-state index is 11.9. The van der Waals surface area contributed by atoms with E-state index in [9.17, 15) is 4.79 Å². The van der Waals surface area contributed by atoms with Crippen molar-refractivity contribution in [1.29, 1.82) is 0 Å². The van der Waals surface area contributed by atoms with E-state index in [-0.39, 0.29) is 5.91 Å². The number of carbonyl (C=O) groups is 1. The van der Waals surface area contributed by atoms with Gasteiger partial charge in [0.2, 0.25) is 0 Å². The summed E-state index contributed by atoms with van der Waals surface area (Å²) in [6, 6.07) is 7.74. The molecule has 0 saturated carbocycles. The van der Waals surface area contributed by atoms with Crippen LogP contribution in [0.1, 0.15) is 15.9 Å². The third-order valence-electron chi connectivity index (χ3n) is 3.31. The molecule has 0 aromatic heterocycles. The van der Waals surface area contributed by atoms with Gasteiger partial charge >= 0.3 is 0 Å². The first-order chi connectivity index (χ1) is 8.34. The van der Waals surface area contributed by atoms with Crippen LogP contribution in [0.25, 0.3) is 0 Å². The maximum Gasteiger partial charge on any atom is 0.278 e. The lowest BCUT2D eigenvalue weighted by atomic mass is 10.0. The summed E-state index contributed by atoms with van der Waals surface area (Å²) >= 11 is 0. The number of aliphatic imine (C=N–C) groups is 1. The average Bonchev–Trinajstić information content (AvgIpc) is 2.40. The van der Waals surface area contributed by atoms with Crippen LogP contribution in [0.3, 0.4) is 0 Å². The number of hydrogen-bond acceptors (Lipinski definition) is 3. The van der Waals surface area contributed by atoms with Crippen LogP contribution in [0, 0.1) is 0 Å². The van der Waals surface area contributed by atoms with E-state index in [1.54, 1.807) is 0 Å². The summed E-state index contributed by atoms with van der Waals surface area (Å²) in [5, 5.41) is 3.30. The number of amides is 1. The van der Waals surface area contributed by atoms with Crippen LogP contribution in [0.15, 0.2) is 29.3 Å². The second-order valence-electron chi connectivity index (χ2n) is 4.40. The molecule has 4 nitrogen and oxygen atoms in total. The molecule has 0 aliphatic carbocycles. The standard InChI is InChI=1S/C13H15N3O/c17-13-11-4-2-1-3-10(11)9-12(15-13)16-7-5-14-6-8-16/h1-4,14H,5-9H2. The van der Waals surface area contributed by atoms with E-state index in [0.29, 0.717) is 0 Å². The van der Waals surface area contributed by atoms with Crippen LogP contribution in [-0.4, -0.2) is 42.8 Å². The van der Waals surface area contributed by atoms with E-state index in [2.05, 4.69) is 15.2 Å². The van der Waals surface area contributed by atoms with Gasteiger partial charge in [0.25, 0.3) is 5.91 Å². The zero-order valence-corrected chi connectivity index (χ0v) is 9.65. The Balaban J connectivity index is 1.87. The lowest BCUT2D eigenvalue weighted by Crippen LogP contribution is -2.47. The fourth-order valence-electron chi connectivity index (χ4n) is 2.38. The third kappa shape index (κ3) is 1.96. The molecule has 3 rings (SSSR count).